The molecule has 172 valence electrons. The number of hydrogen-bond donors (Lipinski definition) is 3. The fourth-order valence-electron chi connectivity index (χ4n) is 4.31. The highest BCUT2D eigenvalue weighted by Gasteiger charge is 2.27. The van der Waals surface area contributed by atoms with Crippen molar-refractivity contribution in [3.8, 4) is 0 Å². The molecule has 0 heterocycles. The van der Waals surface area contributed by atoms with Crippen molar-refractivity contribution >= 4 is 39.3 Å². The average molecular weight is 455 g/mol. The molecule has 2 atom stereocenters. The fourth-order valence-corrected chi connectivity index (χ4v) is 4.31. The van der Waals surface area contributed by atoms with Crippen LogP contribution in [0, 0.1) is 0 Å². The van der Waals surface area contributed by atoms with Gasteiger partial charge in [-0.1, -0.05) is 78.9 Å². The smallest absolute Gasteiger partial charge is 0.326 e. The van der Waals surface area contributed by atoms with E-state index in [1.165, 1.54) is 6.92 Å². The summed E-state index contributed by atoms with van der Waals surface area (Å²) in [4.78, 5) is 37.1. The quantitative estimate of drug-likeness (QED) is 0.353. The lowest BCUT2D eigenvalue weighted by molar-refractivity contribution is -0.142. The van der Waals surface area contributed by atoms with Gasteiger partial charge in [0.25, 0.3) is 0 Å². The molecule has 34 heavy (non-hydrogen) atoms. The maximum Gasteiger partial charge on any atom is 0.326 e. The Morgan fingerprint density at radius 1 is 0.735 bits per heavy atom. The first kappa shape index (κ1) is 23.0. The first-order valence-electron chi connectivity index (χ1n) is 11.2. The molecule has 0 spiro atoms. The summed E-state index contributed by atoms with van der Waals surface area (Å²) in [7, 11) is 0. The molecule has 4 aromatic rings. The Hall–Kier alpha value is -4.19. The van der Waals surface area contributed by atoms with E-state index in [1.807, 2.05) is 78.9 Å². The van der Waals surface area contributed by atoms with Crippen LogP contribution < -0.4 is 10.6 Å². The zero-order valence-corrected chi connectivity index (χ0v) is 18.8. The van der Waals surface area contributed by atoms with Gasteiger partial charge in [0.15, 0.2) is 0 Å². The van der Waals surface area contributed by atoms with Crippen LogP contribution in [0.3, 0.4) is 0 Å². The van der Waals surface area contributed by atoms with E-state index < -0.39 is 24.0 Å². The van der Waals surface area contributed by atoms with Crippen molar-refractivity contribution in [2.45, 2.75) is 31.8 Å². The second-order valence-electron chi connectivity index (χ2n) is 8.34. The molecule has 4 rings (SSSR count). The predicted molar refractivity (Wildman–Crippen MR) is 132 cm³/mol. The summed E-state index contributed by atoms with van der Waals surface area (Å²) >= 11 is 0. The molecular weight excluding hydrogens is 428 g/mol. The molecule has 0 aliphatic heterocycles. The van der Waals surface area contributed by atoms with Crippen molar-refractivity contribution in [1.82, 2.24) is 10.6 Å². The van der Waals surface area contributed by atoms with Gasteiger partial charge in [-0.05, 0) is 38.7 Å². The number of carbonyl (C=O) groups excluding carboxylic acids is 2. The van der Waals surface area contributed by atoms with Crippen LogP contribution in [0.4, 0.5) is 0 Å². The first-order chi connectivity index (χ1) is 16.4. The van der Waals surface area contributed by atoms with Crippen LogP contribution in [0.25, 0.3) is 21.5 Å². The molecule has 0 aliphatic rings. The molecule has 0 saturated carbocycles. The van der Waals surface area contributed by atoms with E-state index in [-0.39, 0.29) is 18.7 Å². The highest BCUT2D eigenvalue weighted by molar-refractivity contribution is 6.03. The molecule has 6 nitrogen and oxygen atoms in total. The number of fused-ring (bicyclic) bond motifs is 2. The zero-order valence-electron chi connectivity index (χ0n) is 18.8. The fraction of sp³-hybridized carbons (Fsp3) is 0.179. The minimum absolute atomic E-state index is 0.112. The van der Waals surface area contributed by atoms with Crippen molar-refractivity contribution in [3.63, 3.8) is 0 Å². The van der Waals surface area contributed by atoms with Crippen molar-refractivity contribution in [2.24, 2.45) is 0 Å². The normalized spacial score (nSPS) is 12.7. The maximum absolute atomic E-state index is 13.1. The van der Waals surface area contributed by atoms with Crippen molar-refractivity contribution in [2.75, 3.05) is 0 Å². The zero-order chi connectivity index (χ0) is 24.1. The number of rotatable bonds is 8. The lowest BCUT2D eigenvalue weighted by Gasteiger charge is -2.22. The number of benzene rings is 4. The van der Waals surface area contributed by atoms with Crippen LogP contribution in [0.5, 0.6) is 0 Å². The lowest BCUT2D eigenvalue weighted by Crippen LogP contribution is -2.52. The Kier molecular flexibility index (Phi) is 6.87. The molecule has 6 heteroatoms. The predicted octanol–water partition coefficient (Wildman–Crippen LogP) is 3.85. The molecule has 0 aliphatic carbocycles. The van der Waals surface area contributed by atoms with E-state index in [4.69, 9.17) is 0 Å². The number of nitrogens with one attached hydrogen (secondary N) is 2. The minimum Gasteiger partial charge on any atom is -0.480 e. The summed E-state index contributed by atoms with van der Waals surface area (Å²) in [5.41, 5.74) is 1.73. The van der Waals surface area contributed by atoms with E-state index in [0.717, 1.165) is 32.7 Å². The third kappa shape index (κ3) is 5.23. The Morgan fingerprint density at radius 2 is 1.29 bits per heavy atom. The largest absolute Gasteiger partial charge is 0.480 e. The van der Waals surface area contributed by atoms with Gasteiger partial charge in [-0.3, -0.25) is 9.59 Å². The molecule has 2 amide bonds. The van der Waals surface area contributed by atoms with Crippen LogP contribution in [0.2, 0.25) is 0 Å². The Labute approximate surface area is 197 Å². The van der Waals surface area contributed by atoms with Gasteiger partial charge in [0.2, 0.25) is 11.8 Å². The monoisotopic (exact) mass is 454 g/mol. The van der Waals surface area contributed by atoms with Crippen LogP contribution in [-0.4, -0.2) is 35.0 Å². The summed E-state index contributed by atoms with van der Waals surface area (Å²) in [5, 5.41) is 19.2. The van der Waals surface area contributed by atoms with Crippen molar-refractivity contribution < 1.29 is 19.5 Å². The summed E-state index contributed by atoms with van der Waals surface area (Å²) in [6, 6.07) is 25.0. The second kappa shape index (κ2) is 10.2. The molecule has 0 aromatic heterocycles. The van der Waals surface area contributed by atoms with Gasteiger partial charge < -0.3 is 15.7 Å². The molecular formula is C28H26N2O4. The van der Waals surface area contributed by atoms with Gasteiger partial charge in [0.05, 0.1) is 0 Å². The standard InChI is InChI=1S/C28H26N2O4/c1-18(31)29-25(15-19-9-3-2-4-10-19)27(32)30-26(28(33)34)17-24-22-13-7-5-11-20(22)16-21-12-6-8-14-23(21)24/h2-14,16,25-26H,15,17H2,1H3,(H,29,31)(H,30,32)(H,33,34)/t25-,26+/m1/s1. The van der Waals surface area contributed by atoms with Gasteiger partial charge in [0, 0.05) is 19.8 Å². The number of carboxylic acids is 1. The summed E-state index contributed by atoms with van der Waals surface area (Å²) < 4.78 is 0. The summed E-state index contributed by atoms with van der Waals surface area (Å²) in [6.45, 7) is 1.34. The van der Waals surface area contributed by atoms with E-state index in [1.54, 1.807) is 0 Å². The van der Waals surface area contributed by atoms with E-state index in [2.05, 4.69) is 16.7 Å². The van der Waals surface area contributed by atoms with Gasteiger partial charge >= 0.3 is 5.97 Å². The topological polar surface area (TPSA) is 95.5 Å². The SMILES string of the molecule is CC(=O)N[C@H](Cc1ccccc1)C(=O)N[C@@H](Cc1c2ccccc2cc2ccccc12)C(=O)O. The van der Waals surface area contributed by atoms with Crippen LogP contribution in [-0.2, 0) is 27.2 Å². The summed E-state index contributed by atoms with van der Waals surface area (Å²) in [5.74, 6) is -2.02. The summed E-state index contributed by atoms with van der Waals surface area (Å²) in [6.07, 6.45) is 0.372. The van der Waals surface area contributed by atoms with Gasteiger partial charge in [-0.25, -0.2) is 4.79 Å². The Morgan fingerprint density at radius 3 is 1.85 bits per heavy atom. The molecule has 4 aromatic carbocycles. The molecule has 0 saturated heterocycles. The third-order valence-corrected chi connectivity index (χ3v) is 5.88. The molecule has 0 unspecified atom stereocenters. The highest BCUT2D eigenvalue weighted by atomic mass is 16.4. The average Bonchev–Trinajstić information content (AvgIpc) is 2.83. The van der Waals surface area contributed by atoms with E-state index in [0.29, 0.717) is 0 Å². The molecule has 0 radical (unpaired) electrons. The molecule has 0 fully saturated rings. The highest BCUT2D eigenvalue weighted by Crippen LogP contribution is 2.29. The Balaban J connectivity index is 1.65. The van der Waals surface area contributed by atoms with E-state index >= 15 is 0 Å². The lowest BCUT2D eigenvalue weighted by atomic mass is 9.92. The van der Waals surface area contributed by atoms with Gasteiger partial charge in [-0.15, -0.1) is 0 Å². The van der Waals surface area contributed by atoms with E-state index in [9.17, 15) is 19.5 Å². The first-order valence-corrected chi connectivity index (χ1v) is 11.2. The van der Waals surface area contributed by atoms with Gasteiger partial charge in [-0.2, -0.15) is 0 Å². The van der Waals surface area contributed by atoms with Gasteiger partial charge in [0.1, 0.15) is 12.1 Å². The van der Waals surface area contributed by atoms with Crippen LogP contribution >= 0.6 is 0 Å². The maximum atomic E-state index is 13.1. The number of carboxylic acid groups (broad SMARTS) is 1. The number of hydrogen-bond acceptors (Lipinski definition) is 3. The van der Waals surface area contributed by atoms with Crippen molar-refractivity contribution in [1.29, 1.82) is 0 Å². The van der Waals surface area contributed by atoms with Crippen LogP contribution in [0.15, 0.2) is 84.9 Å². The third-order valence-electron chi connectivity index (χ3n) is 5.88. The molecule has 0 bridgehead atoms. The molecule has 3 N–H and O–H groups in total. The number of carbonyl (C=O) groups is 3. The van der Waals surface area contributed by atoms with Crippen molar-refractivity contribution in [3.05, 3.63) is 96.1 Å². The Bertz CT molecular complexity index is 1300. The van der Waals surface area contributed by atoms with Crippen LogP contribution in [0.1, 0.15) is 18.1 Å². The number of aliphatic carboxylic acids is 1. The second-order valence-corrected chi connectivity index (χ2v) is 8.34. The minimum atomic E-state index is -1.16. The number of amides is 2.